The van der Waals surface area contributed by atoms with E-state index in [4.69, 9.17) is 0 Å². The maximum atomic E-state index is 12.6. The highest BCUT2D eigenvalue weighted by molar-refractivity contribution is 5.96. The van der Waals surface area contributed by atoms with Gasteiger partial charge in [-0.15, -0.1) is 0 Å². The minimum atomic E-state index is -0.0617. The summed E-state index contributed by atoms with van der Waals surface area (Å²) in [7, 11) is 0. The Labute approximate surface area is 165 Å². The van der Waals surface area contributed by atoms with Crippen LogP contribution in [0.2, 0.25) is 0 Å². The fourth-order valence-corrected chi connectivity index (χ4v) is 3.50. The van der Waals surface area contributed by atoms with Crippen molar-refractivity contribution in [2.24, 2.45) is 5.92 Å². The molecule has 1 saturated heterocycles. The highest BCUT2D eigenvalue weighted by atomic mass is 16.2. The highest BCUT2D eigenvalue weighted by Crippen LogP contribution is 2.31. The monoisotopic (exact) mass is 384 g/mol. The molecule has 1 aromatic carbocycles. The number of benzene rings is 1. The summed E-state index contributed by atoms with van der Waals surface area (Å²) < 4.78 is 0. The van der Waals surface area contributed by atoms with Crippen molar-refractivity contribution in [1.29, 1.82) is 0 Å². The summed E-state index contributed by atoms with van der Waals surface area (Å²) in [5.41, 5.74) is 2.41. The van der Waals surface area contributed by atoms with Gasteiger partial charge in [0, 0.05) is 49.4 Å². The Bertz CT molecular complexity index is 778. The van der Waals surface area contributed by atoms with Gasteiger partial charge < -0.3 is 20.4 Å². The van der Waals surface area contributed by atoms with Gasteiger partial charge in [0.2, 0.25) is 11.8 Å². The van der Waals surface area contributed by atoms with E-state index in [1.54, 1.807) is 0 Å². The summed E-state index contributed by atoms with van der Waals surface area (Å²) in [5.74, 6) is 0.442. The van der Waals surface area contributed by atoms with E-state index >= 15 is 0 Å². The van der Waals surface area contributed by atoms with Gasteiger partial charge in [-0.3, -0.25) is 14.4 Å². The highest BCUT2D eigenvalue weighted by Gasteiger charge is 2.35. The number of hydrogen-bond acceptors (Lipinski definition) is 4. The van der Waals surface area contributed by atoms with Gasteiger partial charge in [0.05, 0.1) is 6.54 Å². The molecule has 3 aliphatic rings. The van der Waals surface area contributed by atoms with Gasteiger partial charge in [-0.1, -0.05) is 6.07 Å². The molecule has 0 aromatic heterocycles. The fraction of sp³-hybridized carbons (Fsp3) is 0.571. The van der Waals surface area contributed by atoms with Gasteiger partial charge >= 0.3 is 0 Å². The molecule has 2 aliphatic carbocycles. The molecule has 1 aliphatic heterocycles. The first-order chi connectivity index (χ1) is 13.5. The standard InChI is InChI=1S/C21H28N4O3/c1-14-2-3-16(20(27)23-17-6-7-17)12-18(14)22-13-19(26)24-8-10-25(11-9-24)21(28)15-4-5-15/h2-3,12,15,17,22H,4-11,13H2,1H3,(H,23,27). The summed E-state index contributed by atoms with van der Waals surface area (Å²) in [6, 6.07) is 5.84. The van der Waals surface area contributed by atoms with E-state index in [0.717, 1.165) is 36.9 Å². The first-order valence-electron chi connectivity index (χ1n) is 10.2. The first kappa shape index (κ1) is 18.8. The van der Waals surface area contributed by atoms with E-state index in [0.29, 0.717) is 37.8 Å². The van der Waals surface area contributed by atoms with Gasteiger partial charge in [-0.25, -0.2) is 0 Å². The first-order valence-corrected chi connectivity index (χ1v) is 10.2. The van der Waals surface area contributed by atoms with Crippen LogP contribution in [0.4, 0.5) is 5.69 Å². The zero-order valence-electron chi connectivity index (χ0n) is 16.4. The molecule has 150 valence electrons. The third-order valence-corrected chi connectivity index (χ3v) is 5.71. The van der Waals surface area contributed by atoms with Crippen LogP contribution in [0.5, 0.6) is 0 Å². The number of carbonyl (C=O) groups excluding carboxylic acids is 3. The molecule has 2 N–H and O–H groups in total. The van der Waals surface area contributed by atoms with Crippen molar-refractivity contribution >= 4 is 23.4 Å². The molecule has 0 unspecified atom stereocenters. The van der Waals surface area contributed by atoms with Crippen LogP contribution in [0.25, 0.3) is 0 Å². The van der Waals surface area contributed by atoms with Gasteiger partial charge in [-0.05, 0) is 50.3 Å². The van der Waals surface area contributed by atoms with Crippen LogP contribution in [0.15, 0.2) is 18.2 Å². The average molecular weight is 384 g/mol. The van der Waals surface area contributed by atoms with Crippen molar-refractivity contribution in [2.75, 3.05) is 38.0 Å². The SMILES string of the molecule is Cc1ccc(C(=O)NC2CC2)cc1NCC(=O)N1CCN(C(=O)C2CC2)CC1. The van der Waals surface area contributed by atoms with Crippen LogP contribution in [0.1, 0.15) is 41.6 Å². The largest absolute Gasteiger partial charge is 0.376 e. The minimum absolute atomic E-state index is 0.0192. The number of amides is 3. The molecule has 3 fully saturated rings. The summed E-state index contributed by atoms with van der Waals surface area (Å²) in [6.07, 6.45) is 4.13. The summed E-state index contributed by atoms with van der Waals surface area (Å²) >= 11 is 0. The third-order valence-electron chi connectivity index (χ3n) is 5.71. The zero-order chi connectivity index (χ0) is 19.7. The van der Waals surface area contributed by atoms with E-state index in [1.807, 2.05) is 34.9 Å². The third kappa shape index (κ3) is 4.46. The maximum absolute atomic E-state index is 12.6. The lowest BCUT2D eigenvalue weighted by atomic mass is 10.1. The lowest BCUT2D eigenvalue weighted by Gasteiger charge is -2.35. The molecular weight excluding hydrogens is 356 g/mol. The zero-order valence-corrected chi connectivity index (χ0v) is 16.4. The van der Waals surface area contributed by atoms with Crippen molar-refractivity contribution in [1.82, 2.24) is 15.1 Å². The number of rotatable bonds is 6. The molecule has 2 saturated carbocycles. The van der Waals surface area contributed by atoms with Crippen molar-refractivity contribution in [2.45, 2.75) is 38.6 Å². The van der Waals surface area contributed by atoms with Crippen LogP contribution in [0, 0.1) is 12.8 Å². The minimum Gasteiger partial charge on any atom is -0.376 e. The van der Waals surface area contributed by atoms with Crippen LogP contribution >= 0.6 is 0 Å². The van der Waals surface area contributed by atoms with E-state index in [9.17, 15) is 14.4 Å². The molecule has 3 amide bonds. The van der Waals surface area contributed by atoms with Crippen molar-refractivity contribution in [3.05, 3.63) is 29.3 Å². The number of carbonyl (C=O) groups is 3. The molecule has 1 aromatic rings. The Balaban J connectivity index is 1.28. The Morgan fingerprint density at radius 1 is 1.00 bits per heavy atom. The van der Waals surface area contributed by atoms with E-state index in [2.05, 4.69) is 10.6 Å². The Morgan fingerprint density at radius 2 is 1.68 bits per heavy atom. The van der Waals surface area contributed by atoms with Gasteiger partial charge in [0.15, 0.2) is 0 Å². The molecular formula is C21H28N4O3. The Hall–Kier alpha value is -2.57. The smallest absolute Gasteiger partial charge is 0.251 e. The average Bonchev–Trinajstić information content (AvgIpc) is 3.61. The lowest BCUT2D eigenvalue weighted by Crippen LogP contribution is -2.52. The van der Waals surface area contributed by atoms with Crippen molar-refractivity contribution in [3.63, 3.8) is 0 Å². The molecule has 7 heteroatoms. The molecule has 28 heavy (non-hydrogen) atoms. The second-order valence-corrected chi connectivity index (χ2v) is 8.11. The summed E-state index contributed by atoms with van der Waals surface area (Å²) in [5, 5.41) is 6.17. The predicted octanol–water partition coefficient (Wildman–Crippen LogP) is 1.38. The summed E-state index contributed by atoms with van der Waals surface area (Å²) in [6.45, 7) is 4.56. The summed E-state index contributed by atoms with van der Waals surface area (Å²) in [4.78, 5) is 40.6. The molecule has 7 nitrogen and oxygen atoms in total. The number of hydrogen-bond donors (Lipinski definition) is 2. The molecule has 0 spiro atoms. The van der Waals surface area contributed by atoms with Crippen molar-refractivity contribution < 1.29 is 14.4 Å². The Kier molecular flexibility index (Phi) is 5.24. The van der Waals surface area contributed by atoms with Gasteiger partial charge in [-0.2, -0.15) is 0 Å². The molecule has 0 radical (unpaired) electrons. The predicted molar refractivity (Wildman–Crippen MR) is 106 cm³/mol. The van der Waals surface area contributed by atoms with Crippen molar-refractivity contribution in [3.8, 4) is 0 Å². The lowest BCUT2D eigenvalue weighted by molar-refractivity contribution is -0.139. The van der Waals surface area contributed by atoms with Crippen LogP contribution in [-0.4, -0.2) is 66.3 Å². The second-order valence-electron chi connectivity index (χ2n) is 8.11. The van der Waals surface area contributed by atoms with E-state index in [1.165, 1.54) is 0 Å². The number of anilines is 1. The number of nitrogens with zero attached hydrogens (tertiary/aromatic N) is 2. The number of nitrogens with one attached hydrogen (secondary N) is 2. The number of piperazine rings is 1. The van der Waals surface area contributed by atoms with E-state index < -0.39 is 0 Å². The molecule has 1 heterocycles. The Morgan fingerprint density at radius 3 is 2.32 bits per heavy atom. The van der Waals surface area contributed by atoms with Crippen LogP contribution in [-0.2, 0) is 9.59 Å². The fourth-order valence-electron chi connectivity index (χ4n) is 3.50. The maximum Gasteiger partial charge on any atom is 0.251 e. The number of aryl methyl sites for hydroxylation is 1. The molecule has 0 atom stereocenters. The molecule has 0 bridgehead atoms. The topological polar surface area (TPSA) is 81.8 Å². The normalized spacial score (nSPS) is 19.3. The van der Waals surface area contributed by atoms with Crippen LogP contribution < -0.4 is 10.6 Å². The molecule has 4 rings (SSSR count). The van der Waals surface area contributed by atoms with Crippen LogP contribution in [0.3, 0.4) is 0 Å². The second kappa shape index (κ2) is 7.81. The van der Waals surface area contributed by atoms with E-state index in [-0.39, 0.29) is 30.2 Å². The van der Waals surface area contributed by atoms with Gasteiger partial charge in [0.1, 0.15) is 0 Å². The van der Waals surface area contributed by atoms with Gasteiger partial charge in [0.25, 0.3) is 5.91 Å². The quantitative estimate of drug-likeness (QED) is 0.776.